The number of fused-ring (bicyclic) bond motifs is 7. The molecule has 0 saturated heterocycles. The summed E-state index contributed by atoms with van der Waals surface area (Å²) in [7, 11) is 0. The van der Waals surface area contributed by atoms with Crippen molar-refractivity contribution >= 4 is 71.6 Å². The Morgan fingerprint density at radius 2 is 0.820 bits per heavy atom. The number of benzene rings is 10. The van der Waals surface area contributed by atoms with Gasteiger partial charge in [0.2, 0.25) is 0 Å². The van der Waals surface area contributed by atoms with Crippen LogP contribution in [0.3, 0.4) is 0 Å². The number of hydrogen-bond acceptors (Lipinski definition) is 2. The molecule has 0 N–H and O–H groups in total. The third kappa shape index (κ3) is 5.98. The van der Waals surface area contributed by atoms with Crippen LogP contribution in [0.4, 0.5) is 17.1 Å². The first kappa shape index (κ1) is 34.9. The van der Waals surface area contributed by atoms with Gasteiger partial charge in [0, 0.05) is 38.6 Å². The van der Waals surface area contributed by atoms with Crippen LogP contribution in [0, 0.1) is 0 Å². The number of anilines is 3. The Morgan fingerprint density at radius 3 is 1.54 bits per heavy atom. The fourth-order valence-electron chi connectivity index (χ4n) is 9.18. The molecule has 2 aromatic heterocycles. The van der Waals surface area contributed by atoms with Gasteiger partial charge in [-0.05, 0) is 117 Å². The van der Waals surface area contributed by atoms with Crippen LogP contribution in [0.15, 0.2) is 235 Å². The number of furan rings is 1. The van der Waals surface area contributed by atoms with Crippen molar-refractivity contribution < 1.29 is 4.42 Å². The fraction of sp³-hybridized carbons (Fsp3) is 0. The second-order valence-electron chi connectivity index (χ2n) is 15.7. The molecule has 12 aromatic rings. The van der Waals surface area contributed by atoms with Crippen molar-refractivity contribution in [3.8, 4) is 39.1 Å². The zero-order chi connectivity index (χ0) is 40.3. The van der Waals surface area contributed by atoms with Crippen molar-refractivity contribution in [2.75, 3.05) is 4.90 Å². The second-order valence-corrected chi connectivity index (χ2v) is 15.7. The van der Waals surface area contributed by atoms with Gasteiger partial charge in [-0.15, -0.1) is 0 Å². The Morgan fingerprint density at radius 1 is 0.311 bits per heavy atom. The lowest BCUT2D eigenvalue weighted by molar-refractivity contribution is 0.666. The molecule has 2 heterocycles. The summed E-state index contributed by atoms with van der Waals surface area (Å²) in [5, 5.41) is 7.16. The lowest BCUT2D eigenvalue weighted by atomic mass is 10.0. The van der Waals surface area contributed by atoms with Crippen LogP contribution in [-0.2, 0) is 0 Å². The van der Waals surface area contributed by atoms with Crippen molar-refractivity contribution in [1.29, 1.82) is 0 Å². The summed E-state index contributed by atoms with van der Waals surface area (Å²) < 4.78 is 8.89. The van der Waals surface area contributed by atoms with Gasteiger partial charge in [-0.25, -0.2) is 0 Å². The highest BCUT2D eigenvalue weighted by Gasteiger charge is 2.19. The van der Waals surface area contributed by atoms with Crippen molar-refractivity contribution in [2.45, 2.75) is 0 Å². The highest BCUT2D eigenvalue weighted by atomic mass is 16.3. The summed E-state index contributed by atoms with van der Waals surface area (Å²) in [4.78, 5) is 2.35. The average molecular weight is 779 g/mol. The van der Waals surface area contributed by atoms with E-state index in [4.69, 9.17) is 4.42 Å². The lowest BCUT2D eigenvalue weighted by Crippen LogP contribution is -2.09. The maximum absolute atomic E-state index is 6.53. The third-order valence-corrected chi connectivity index (χ3v) is 12.2. The molecule has 0 saturated carbocycles. The van der Waals surface area contributed by atoms with Gasteiger partial charge in [0.05, 0.1) is 16.7 Å². The molecule has 0 bridgehead atoms. The SMILES string of the molecule is c1ccc(-c2ccc(N(c3ccc(-c4ccc5ccccc5c4)cc3)c3ccc(-c4ccc5c(c4)c4ccccc4n5-c4cccc5c4oc4ccccc45)cc3)cc2)cc1. The Balaban J connectivity index is 0.930. The molecular formula is C58H38N2O. The molecule has 0 atom stereocenters. The first-order valence-corrected chi connectivity index (χ1v) is 20.8. The summed E-state index contributed by atoms with van der Waals surface area (Å²) in [6, 6.07) is 82.9. The molecule has 3 nitrogen and oxygen atoms in total. The largest absolute Gasteiger partial charge is 0.454 e. The highest BCUT2D eigenvalue weighted by molar-refractivity contribution is 6.13. The highest BCUT2D eigenvalue weighted by Crippen LogP contribution is 2.41. The molecule has 61 heavy (non-hydrogen) atoms. The molecule has 0 aliphatic rings. The normalized spacial score (nSPS) is 11.6. The van der Waals surface area contributed by atoms with Gasteiger partial charge in [-0.2, -0.15) is 0 Å². The smallest absolute Gasteiger partial charge is 0.159 e. The summed E-state index contributed by atoms with van der Waals surface area (Å²) in [5.74, 6) is 0. The lowest BCUT2D eigenvalue weighted by Gasteiger charge is -2.26. The molecule has 0 aliphatic carbocycles. The Kier molecular flexibility index (Phi) is 8.17. The van der Waals surface area contributed by atoms with E-state index in [0.717, 1.165) is 61.3 Å². The van der Waals surface area contributed by atoms with Crippen LogP contribution in [0.1, 0.15) is 0 Å². The zero-order valence-corrected chi connectivity index (χ0v) is 33.2. The van der Waals surface area contributed by atoms with Gasteiger partial charge >= 0.3 is 0 Å². The van der Waals surface area contributed by atoms with Gasteiger partial charge in [0.25, 0.3) is 0 Å². The number of para-hydroxylation sites is 3. The van der Waals surface area contributed by atoms with E-state index in [0.29, 0.717) is 0 Å². The Hall–Kier alpha value is -8.14. The molecule has 0 unspecified atom stereocenters. The maximum atomic E-state index is 6.53. The first-order chi connectivity index (χ1) is 30.2. The molecule has 10 aromatic carbocycles. The summed E-state index contributed by atoms with van der Waals surface area (Å²) in [5.41, 5.74) is 15.5. The quantitative estimate of drug-likeness (QED) is 0.161. The van der Waals surface area contributed by atoms with E-state index in [9.17, 15) is 0 Å². The van der Waals surface area contributed by atoms with Gasteiger partial charge in [-0.3, -0.25) is 0 Å². The average Bonchev–Trinajstić information content (AvgIpc) is 3.88. The predicted molar refractivity (Wildman–Crippen MR) is 257 cm³/mol. The van der Waals surface area contributed by atoms with E-state index in [-0.39, 0.29) is 0 Å². The minimum Gasteiger partial charge on any atom is -0.454 e. The molecule has 0 amide bonds. The topological polar surface area (TPSA) is 21.3 Å². The van der Waals surface area contributed by atoms with Crippen LogP contribution in [-0.4, -0.2) is 4.57 Å². The number of hydrogen-bond donors (Lipinski definition) is 0. The molecule has 286 valence electrons. The number of nitrogens with zero attached hydrogens (tertiary/aromatic N) is 2. The van der Waals surface area contributed by atoms with Crippen LogP contribution >= 0.6 is 0 Å². The zero-order valence-electron chi connectivity index (χ0n) is 33.2. The summed E-state index contributed by atoms with van der Waals surface area (Å²) >= 11 is 0. The van der Waals surface area contributed by atoms with Gasteiger partial charge in [-0.1, -0.05) is 158 Å². The Bertz CT molecular complexity index is 3560. The molecule has 3 heteroatoms. The van der Waals surface area contributed by atoms with Gasteiger partial charge in [0.15, 0.2) is 5.58 Å². The molecule has 0 spiro atoms. The van der Waals surface area contributed by atoms with Crippen LogP contribution in [0.25, 0.3) is 93.6 Å². The number of rotatable bonds is 7. The van der Waals surface area contributed by atoms with E-state index < -0.39 is 0 Å². The summed E-state index contributed by atoms with van der Waals surface area (Å²) in [6.07, 6.45) is 0. The molecule has 12 rings (SSSR count). The van der Waals surface area contributed by atoms with Gasteiger partial charge < -0.3 is 13.9 Å². The van der Waals surface area contributed by atoms with Crippen LogP contribution in [0.2, 0.25) is 0 Å². The van der Waals surface area contributed by atoms with Crippen molar-refractivity contribution in [2.24, 2.45) is 0 Å². The van der Waals surface area contributed by atoms with Crippen LogP contribution in [0.5, 0.6) is 0 Å². The van der Waals surface area contributed by atoms with E-state index in [1.54, 1.807) is 0 Å². The predicted octanol–water partition coefficient (Wildman–Crippen LogP) is 16.3. The van der Waals surface area contributed by atoms with Crippen molar-refractivity contribution in [1.82, 2.24) is 4.57 Å². The van der Waals surface area contributed by atoms with Crippen LogP contribution < -0.4 is 4.90 Å². The summed E-state index contributed by atoms with van der Waals surface area (Å²) in [6.45, 7) is 0. The van der Waals surface area contributed by atoms with Crippen molar-refractivity contribution in [3.05, 3.63) is 231 Å². The molecule has 0 fully saturated rings. The Labute approximate surface area is 353 Å². The maximum Gasteiger partial charge on any atom is 0.159 e. The number of aromatic nitrogens is 1. The fourth-order valence-corrected chi connectivity index (χ4v) is 9.18. The van der Waals surface area contributed by atoms with Gasteiger partial charge in [0.1, 0.15) is 5.58 Å². The van der Waals surface area contributed by atoms with E-state index in [1.165, 1.54) is 49.4 Å². The van der Waals surface area contributed by atoms with E-state index >= 15 is 0 Å². The third-order valence-electron chi connectivity index (χ3n) is 12.2. The van der Waals surface area contributed by atoms with E-state index in [2.05, 4.69) is 228 Å². The standard InChI is InChI=1S/C58H38N2O/c1-2-11-39(12-3-1)41-23-30-47(31-24-41)59(48-32-25-42(26-33-48)45-22-21-40-13-4-5-14-44(40)37-45)49-34-27-43(28-35-49)46-29-36-55-53(38-46)50-15-6-8-18-54(50)60(55)56-19-10-17-52-51-16-7-9-20-57(51)61-58(52)56/h1-38H. The first-order valence-electron chi connectivity index (χ1n) is 20.8. The molecule has 0 radical (unpaired) electrons. The molecule has 0 aliphatic heterocycles. The monoisotopic (exact) mass is 778 g/mol. The minimum atomic E-state index is 0.897. The minimum absolute atomic E-state index is 0.897. The molecular weight excluding hydrogens is 741 g/mol. The second kappa shape index (κ2) is 14.3. The van der Waals surface area contributed by atoms with Crippen molar-refractivity contribution in [3.63, 3.8) is 0 Å². The van der Waals surface area contributed by atoms with E-state index in [1.807, 2.05) is 12.1 Å².